The van der Waals surface area contributed by atoms with Gasteiger partial charge in [-0.05, 0) is 32.0 Å². The SMILES string of the molecule is C=CCOc1c(F)cccc1NC(=C)C1=C(NCc2ccncc2OCC(C)(C)OC)CCNC1=O. The van der Waals surface area contributed by atoms with Gasteiger partial charge in [-0.1, -0.05) is 25.3 Å². The molecule has 2 aromatic rings. The van der Waals surface area contributed by atoms with Gasteiger partial charge in [0.1, 0.15) is 19.0 Å². The first-order chi connectivity index (χ1) is 17.3. The molecular weight excluding hydrogens is 463 g/mol. The molecule has 1 aromatic heterocycles. The van der Waals surface area contributed by atoms with E-state index in [2.05, 4.69) is 34.1 Å². The monoisotopic (exact) mass is 496 g/mol. The molecule has 0 fully saturated rings. The second kappa shape index (κ2) is 12.2. The quantitative estimate of drug-likeness (QED) is 0.360. The molecule has 1 aromatic carbocycles. The number of nitrogens with zero attached hydrogens (tertiary/aromatic N) is 1. The molecule has 1 aliphatic heterocycles. The zero-order valence-corrected chi connectivity index (χ0v) is 20.9. The molecule has 0 bridgehead atoms. The van der Waals surface area contributed by atoms with Gasteiger partial charge in [-0.15, -0.1) is 0 Å². The van der Waals surface area contributed by atoms with Crippen LogP contribution in [0.1, 0.15) is 25.8 Å². The van der Waals surface area contributed by atoms with E-state index in [0.717, 1.165) is 5.56 Å². The van der Waals surface area contributed by atoms with Crippen LogP contribution in [-0.4, -0.2) is 43.4 Å². The van der Waals surface area contributed by atoms with E-state index in [-0.39, 0.29) is 18.3 Å². The van der Waals surface area contributed by atoms with E-state index >= 15 is 0 Å². The zero-order valence-electron chi connectivity index (χ0n) is 20.9. The van der Waals surface area contributed by atoms with Gasteiger partial charge in [-0.25, -0.2) is 4.39 Å². The fraction of sp³-hybridized carbons (Fsp3) is 0.333. The molecule has 1 amide bonds. The molecule has 36 heavy (non-hydrogen) atoms. The number of hydrogen-bond acceptors (Lipinski definition) is 7. The van der Waals surface area contributed by atoms with Gasteiger partial charge in [-0.2, -0.15) is 0 Å². The normalized spacial score (nSPS) is 13.6. The fourth-order valence-electron chi connectivity index (χ4n) is 3.47. The number of halogens is 1. The van der Waals surface area contributed by atoms with Crippen molar-refractivity contribution >= 4 is 11.6 Å². The zero-order chi connectivity index (χ0) is 26.1. The van der Waals surface area contributed by atoms with Crippen molar-refractivity contribution in [2.24, 2.45) is 0 Å². The van der Waals surface area contributed by atoms with Crippen molar-refractivity contribution in [1.29, 1.82) is 0 Å². The topological polar surface area (TPSA) is 93.7 Å². The highest BCUT2D eigenvalue weighted by Crippen LogP contribution is 2.31. The summed E-state index contributed by atoms with van der Waals surface area (Å²) in [5.41, 5.74) is 2.16. The van der Waals surface area contributed by atoms with Crippen molar-refractivity contribution < 1.29 is 23.4 Å². The Morgan fingerprint density at radius 2 is 2.11 bits per heavy atom. The largest absolute Gasteiger partial charge is 0.489 e. The maximum Gasteiger partial charge on any atom is 0.255 e. The van der Waals surface area contributed by atoms with Crippen molar-refractivity contribution in [3.8, 4) is 11.5 Å². The Balaban J connectivity index is 1.80. The van der Waals surface area contributed by atoms with Crippen LogP contribution in [0.2, 0.25) is 0 Å². The van der Waals surface area contributed by atoms with Gasteiger partial charge in [0.2, 0.25) is 0 Å². The molecule has 0 saturated heterocycles. The van der Waals surface area contributed by atoms with Gasteiger partial charge in [0.15, 0.2) is 11.6 Å². The van der Waals surface area contributed by atoms with Crippen LogP contribution in [0.5, 0.6) is 11.5 Å². The summed E-state index contributed by atoms with van der Waals surface area (Å²) in [7, 11) is 1.64. The molecule has 3 N–H and O–H groups in total. The summed E-state index contributed by atoms with van der Waals surface area (Å²) in [5.74, 6) is -0.156. The molecule has 0 saturated carbocycles. The number of carbonyl (C=O) groups excluding carboxylic acids is 1. The fourth-order valence-corrected chi connectivity index (χ4v) is 3.47. The van der Waals surface area contributed by atoms with Gasteiger partial charge < -0.3 is 30.2 Å². The average molecular weight is 497 g/mol. The first-order valence-electron chi connectivity index (χ1n) is 11.6. The number of nitrogens with one attached hydrogen (secondary N) is 3. The summed E-state index contributed by atoms with van der Waals surface area (Å²) in [5, 5.41) is 9.24. The van der Waals surface area contributed by atoms with Crippen LogP contribution < -0.4 is 25.4 Å². The summed E-state index contributed by atoms with van der Waals surface area (Å²) in [6.07, 6.45) is 5.44. The van der Waals surface area contributed by atoms with Crippen molar-refractivity contribution in [3.63, 3.8) is 0 Å². The number of anilines is 1. The number of hydrogen-bond donors (Lipinski definition) is 3. The van der Waals surface area contributed by atoms with E-state index in [4.69, 9.17) is 14.2 Å². The Hall–Kier alpha value is -3.85. The molecule has 8 nitrogen and oxygen atoms in total. The summed E-state index contributed by atoms with van der Waals surface area (Å²) < 4.78 is 31.2. The predicted molar refractivity (Wildman–Crippen MR) is 137 cm³/mol. The standard InChI is InChI=1S/C27H33FN4O4/c1-6-14-35-25-20(28)8-7-9-22(25)32-18(2)24-21(11-13-30-26(24)33)31-15-19-10-12-29-16-23(19)36-17-27(3,4)34-5/h6-10,12,16,31-32H,1-2,11,13-15,17H2,3-5H3,(H,30,33). The third-order valence-electron chi connectivity index (χ3n) is 5.58. The maximum absolute atomic E-state index is 14.4. The molecule has 1 aliphatic rings. The number of ether oxygens (including phenoxy) is 3. The predicted octanol–water partition coefficient (Wildman–Crippen LogP) is 4.08. The number of carbonyl (C=O) groups is 1. The van der Waals surface area contributed by atoms with Crippen LogP contribution in [0.25, 0.3) is 0 Å². The van der Waals surface area contributed by atoms with E-state index < -0.39 is 11.4 Å². The highest BCUT2D eigenvalue weighted by Gasteiger charge is 2.24. The molecule has 192 valence electrons. The number of amides is 1. The van der Waals surface area contributed by atoms with Gasteiger partial charge in [0.25, 0.3) is 5.91 Å². The van der Waals surface area contributed by atoms with E-state index in [1.54, 1.807) is 31.6 Å². The lowest BCUT2D eigenvalue weighted by Gasteiger charge is -2.25. The van der Waals surface area contributed by atoms with E-state index in [9.17, 15) is 9.18 Å². The lowest BCUT2D eigenvalue weighted by atomic mass is 10.0. The van der Waals surface area contributed by atoms with Crippen molar-refractivity contribution in [2.75, 3.05) is 32.2 Å². The minimum atomic E-state index is -0.531. The van der Waals surface area contributed by atoms with Crippen molar-refractivity contribution in [1.82, 2.24) is 15.6 Å². The van der Waals surface area contributed by atoms with Crippen LogP contribution in [0, 0.1) is 5.82 Å². The average Bonchev–Trinajstić information content (AvgIpc) is 2.86. The molecular formula is C27H33FN4O4. The number of aromatic nitrogens is 1. The first-order valence-corrected chi connectivity index (χ1v) is 11.6. The molecule has 9 heteroatoms. The second-order valence-electron chi connectivity index (χ2n) is 8.77. The van der Waals surface area contributed by atoms with Gasteiger partial charge in [-0.3, -0.25) is 9.78 Å². The number of methoxy groups -OCH3 is 1. The van der Waals surface area contributed by atoms with E-state index in [1.165, 1.54) is 12.1 Å². The Labute approximate surface area is 211 Å². The summed E-state index contributed by atoms with van der Waals surface area (Å²) >= 11 is 0. The lowest BCUT2D eigenvalue weighted by molar-refractivity contribution is -0.117. The molecule has 0 atom stereocenters. The molecule has 0 radical (unpaired) electrons. The Morgan fingerprint density at radius 1 is 1.31 bits per heavy atom. The molecule has 0 spiro atoms. The highest BCUT2D eigenvalue weighted by atomic mass is 19.1. The smallest absolute Gasteiger partial charge is 0.255 e. The van der Waals surface area contributed by atoms with Crippen LogP contribution in [0.3, 0.4) is 0 Å². The van der Waals surface area contributed by atoms with Crippen LogP contribution in [-0.2, 0) is 16.1 Å². The minimum absolute atomic E-state index is 0.0300. The molecule has 0 aliphatic carbocycles. The molecule has 2 heterocycles. The minimum Gasteiger partial charge on any atom is -0.489 e. The Bertz CT molecular complexity index is 1150. The van der Waals surface area contributed by atoms with Crippen LogP contribution >= 0.6 is 0 Å². The maximum atomic E-state index is 14.4. The summed E-state index contributed by atoms with van der Waals surface area (Å²) in [4.78, 5) is 17.0. The Kier molecular flexibility index (Phi) is 9.08. The third kappa shape index (κ3) is 6.85. The van der Waals surface area contributed by atoms with E-state index in [0.29, 0.717) is 54.5 Å². The van der Waals surface area contributed by atoms with Gasteiger partial charge in [0.05, 0.1) is 23.1 Å². The molecule has 0 unspecified atom stereocenters. The van der Waals surface area contributed by atoms with E-state index in [1.807, 2.05) is 19.9 Å². The number of pyridine rings is 1. The molecule has 3 rings (SSSR count). The number of para-hydroxylation sites is 1. The number of benzene rings is 1. The first kappa shape index (κ1) is 26.7. The number of rotatable bonds is 13. The van der Waals surface area contributed by atoms with Gasteiger partial charge in [0, 0.05) is 49.8 Å². The Morgan fingerprint density at radius 3 is 2.86 bits per heavy atom. The van der Waals surface area contributed by atoms with Crippen molar-refractivity contribution in [3.05, 3.63) is 84.2 Å². The van der Waals surface area contributed by atoms with Crippen LogP contribution in [0.15, 0.2) is 72.9 Å². The van der Waals surface area contributed by atoms with Crippen molar-refractivity contribution in [2.45, 2.75) is 32.4 Å². The lowest BCUT2D eigenvalue weighted by Crippen LogP contribution is -2.37. The van der Waals surface area contributed by atoms with Gasteiger partial charge >= 0.3 is 0 Å². The van der Waals surface area contributed by atoms with Crippen LogP contribution in [0.4, 0.5) is 10.1 Å². The third-order valence-corrected chi connectivity index (χ3v) is 5.58. The second-order valence-corrected chi connectivity index (χ2v) is 8.77. The highest BCUT2D eigenvalue weighted by molar-refractivity contribution is 6.00. The summed E-state index contributed by atoms with van der Waals surface area (Å²) in [6, 6.07) is 6.36. The summed E-state index contributed by atoms with van der Waals surface area (Å²) in [6.45, 7) is 12.9.